The fourth-order valence-corrected chi connectivity index (χ4v) is 2.55. The van der Waals surface area contributed by atoms with Crippen molar-refractivity contribution in [2.75, 3.05) is 5.73 Å². The molecule has 0 fully saturated rings. The molecule has 0 unspecified atom stereocenters. The van der Waals surface area contributed by atoms with Crippen molar-refractivity contribution >= 4 is 17.4 Å². The van der Waals surface area contributed by atoms with E-state index < -0.39 is 11.7 Å². The van der Waals surface area contributed by atoms with E-state index in [9.17, 15) is 13.2 Å². The fraction of sp³-hybridized carbons (Fsp3) is 0.143. The first-order valence-electron chi connectivity index (χ1n) is 5.60. The van der Waals surface area contributed by atoms with E-state index >= 15 is 0 Å². The van der Waals surface area contributed by atoms with Crippen LogP contribution in [0.4, 0.5) is 18.9 Å². The molecule has 1 nitrogen and oxygen atoms in total. The molecule has 0 atom stereocenters. The summed E-state index contributed by atoms with van der Waals surface area (Å²) in [6, 6.07) is 12.7. The van der Waals surface area contributed by atoms with Crippen molar-refractivity contribution in [2.24, 2.45) is 0 Å². The van der Waals surface area contributed by atoms with Crippen molar-refractivity contribution in [1.29, 1.82) is 0 Å². The lowest BCUT2D eigenvalue weighted by Gasteiger charge is -2.12. The third-order valence-corrected chi connectivity index (χ3v) is 3.66. The van der Waals surface area contributed by atoms with Crippen LogP contribution in [0.2, 0.25) is 0 Å². The van der Waals surface area contributed by atoms with E-state index in [0.29, 0.717) is 5.69 Å². The van der Waals surface area contributed by atoms with E-state index in [-0.39, 0.29) is 11.3 Å². The Morgan fingerprint density at radius 2 is 1.58 bits per heavy atom. The Balaban J connectivity index is 2.14. The highest BCUT2D eigenvalue weighted by atomic mass is 32.2. The summed E-state index contributed by atoms with van der Waals surface area (Å²) in [5, 5.41) is 0. The highest BCUT2D eigenvalue weighted by Crippen LogP contribution is 2.34. The first kappa shape index (κ1) is 13.8. The lowest BCUT2D eigenvalue weighted by Crippen LogP contribution is -2.08. The lowest BCUT2D eigenvalue weighted by atomic mass is 10.1. The van der Waals surface area contributed by atoms with Gasteiger partial charge in [-0.1, -0.05) is 18.2 Å². The molecule has 0 heterocycles. The topological polar surface area (TPSA) is 26.0 Å². The zero-order chi connectivity index (χ0) is 13.9. The van der Waals surface area contributed by atoms with Gasteiger partial charge >= 0.3 is 6.18 Å². The smallest absolute Gasteiger partial charge is 0.399 e. The van der Waals surface area contributed by atoms with E-state index in [0.717, 1.165) is 11.0 Å². The van der Waals surface area contributed by atoms with Crippen LogP contribution in [0, 0.1) is 0 Å². The first-order chi connectivity index (χ1) is 8.97. The largest absolute Gasteiger partial charge is 0.416 e. The van der Waals surface area contributed by atoms with Gasteiger partial charge in [-0.25, -0.2) is 0 Å². The maximum Gasteiger partial charge on any atom is 0.416 e. The number of alkyl halides is 3. The SMILES string of the molecule is Nc1ccc(SCc2ccccc2C(F)(F)F)cc1. The number of anilines is 1. The highest BCUT2D eigenvalue weighted by molar-refractivity contribution is 7.98. The van der Waals surface area contributed by atoms with Crippen LogP contribution in [-0.2, 0) is 11.9 Å². The molecular weight excluding hydrogens is 271 g/mol. The zero-order valence-corrected chi connectivity index (χ0v) is 10.8. The first-order valence-corrected chi connectivity index (χ1v) is 6.59. The number of hydrogen-bond donors (Lipinski definition) is 1. The van der Waals surface area contributed by atoms with E-state index in [2.05, 4.69) is 0 Å². The number of halogens is 3. The van der Waals surface area contributed by atoms with E-state index in [4.69, 9.17) is 5.73 Å². The van der Waals surface area contributed by atoms with E-state index in [1.165, 1.54) is 23.9 Å². The van der Waals surface area contributed by atoms with Crippen molar-refractivity contribution in [2.45, 2.75) is 16.8 Å². The van der Waals surface area contributed by atoms with Gasteiger partial charge in [-0.2, -0.15) is 13.2 Å². The van der Waals surface area contributed by atoms with Crippen LogP contribution in [-0.4, -0.2) is 0 Å². The number of nitrogens with two attached hydrogens (primary N) is 1. The van der Waals surface area contributed by atoms with Gasteiger partial charge in [-0.15, -0.1) is 11.8 Å². The molecule has 19 heavy (non-hydrogen) atoms. The van der Waals surface area contributed by atoms with Crippen LogP contribution in [0.5, 0.6) is 0 Å². The molecule has 0 bridgehead atoms. The second-order valence-electron chi connectivity index (χ2n) is 4.01. The van der Waals surface area contributed by atoms with Gasteiger partial charge < -0.3 is 5.73 Å². The monoisotopic (exact) mass is 283 g/mol. The van der Waals surface area contributed by atoms with Crippen LogP contribution in [0.25, 0.3) is 0 Å². The molecular formula is C14H12F3NS. The van der Waals surface area contributed by atoms with Crippen molar-refractivity contribution in [3.63, 3.8) is 0 Å². The summed E-state index contributed by atoms with van der Waals surface area (Å²) in [7, 11) is 0. The predicted octanol–water partition coefficient (Wildman–Crippen LogP) is 4.58. The fourth-order valence-electron chi connectivity index (χ4n) is 1.65. The normalized spacial score (nSPS) is 11.5. The zero-order valence-electron chi connectivity index (χ0n) is 9.95. The van der Waals surface area contributed by atoms with Gasteiger partial charge in [0, 0.05) is 16.3 Å². The molecule has 2 aromatic rings. The van der Waals surface area contributed by atoms with Crippen molar-refractivity contribution in [1.82, 2.24) is 0 Å². The Bertz CT molecular complexity index is 549. The molecule has 0 aliphatic carbocycles. The van der Waals surface area contributed by atoms with Gasteiger partial charge in [-0.3, -0.25) is 0 Å². The van der Waals surface area contributed by atoms with Crippen LogP contribution < -0.4 is 5.73 Å². The maximum absolute atomic E-state index is 12.8. The summed E-state index contributed by atoms with van der Waals surface area (Å²) in [4.78, 5) is 0.895. The average Bonchev–Trinajstić information content (AvgIpc) is 2.37. The van der Waals surface area contributed by atoms with Crippen LogP contribution in [0.15, 0.2) is 53.4 Å². The Morgan fingerprint density at radius 1 is 0.947 bits per heavy atom. The summed E-state index contributed by atoms with van der Waals surface area (Å²) in [6.45, 7) is 0. The number of hydrogen-bond acceptors (Lipinski definition) is 2. The van der Waals surface area contributed by atoms with E-state index in [1.807, 2.05) is 0 Å². The minimum Gasteiger partial charge on any atom is -0.399 e. The van der Waals surface area contributed by atoms with Gasteiger partial charge in [0.25, 0.3) is 0 Å². The van der Waals surface area contributed by atoms with Crippen LogP contribution in [0.1, 0.15) is 11.1 Å². The number of benzene rings is 2. The number of thioether (sulfide) groups is 1. The molecule has 0 saturated carbocycles. The van der Waals surface area contributed by atoms with Crippen molar-refractivity contribution in [3.05, 3.63) is 59.7 Å². The second-order valence-corrected chi connectivity index (χ2v) is 5.06. The summed E-state index contributed by atoms with van der Waals surface area (Å²) >= 11 is 1.36. The Kier molecular flexibility index (Phi) is 4.04. The Hall–Kier alpha value is -1.62. The Morgan fingerprint density at radius 3 is 2.21 bits per heavy atom. The molecule has 5 heteroatoms. The van der Waals surface area contributed by atoms with Gasteiger partial charge in [0.2, 0.25) is 0 Å². The quantitative estimate of drug-likeness (QED) is 0.659. The molecule has 0 saturated heterocycles. The molecule has 2 N–H and O–H groups in total. The minimum absolute atomic E-state index is 0.277. The van der Waals surface area contributed by atoms with Gasteiger partial charge in [0.05, 0.1) is 5.56 Å². The average molecular weight is 283 g/mol. The standard InChI is InChI=1S/C14H12F3NS/c15-14(16,17)13-4-2-1-3-10(13)9-19-12-7-5-11(18)6-8-12/h1-8H,9,18H2. The third-order valence-electron chi connectivity index (χ3n) is 2.60. The summed E-state index contributed by atoms with van der Waals surface area (Å²) in [5.74, 6) is 0.277. The molecule has 100 valence electrons. The maximum atomic E-state index is 12.8. The van der Waals surface area contributed by atoms with Crippen molar-refractivity contribution in [3.8, 4) is 0 Å². The number of rotatable bonds is 3. The van der Waals surface area contributed by atoms with E-state index in [1.54, 1.807) is 30.3 Å². The van der Waals surface area contributed by atoms with Gasteiger partial charge in [-0.05, 0) is 35.9 Å². The molecule has 0 aliphatic heterocycles. The molecule has 0 radical (unpaired) electrons. The van der Waals surface area contributed by atoms with Crippen molar-refractivity contribution < 1.29 is 13.2 Å². The molecule has 0 amide bonds. The molecule has 2 rings (SSSR count). The predicted molar refractivity (Wildman–Crippen MR) is 71.9 cm³/mol. The summed E-state index contributed by atoms with van der Waals surface area (Å²) < 4.78 is 38.4. The van der Waals surface area contributed by atoms with Crippen LogP contribution >= 0.6 is 11.8 Å². The molecule has 0 aromatic heterocycles. The summed E-state index contributed by atoms with van der Waals surface area (Å²) in [5.41, 5.74) is 5.91. The summed E-state index contributed by atoms with van der Waals surface area (Å²) in [6.07, 6.45) is -4.31. The lowest BCUT2D eigenvalue weighted by molar-refractivity contribution is -0.138. The third kappa shape index (κ3) is 3.67. The molecule has 0 aliphatic rings. The minimum atomic E-state index is -4.31. The molecule has 0 spiro atoms. The highest BCUT2D eigenvalue weighted by Gasteiger charge is 2.32. The second kappa shape index (κ2) is 5.57. The van der Waals surface area contributed by atoms with Gasteiger partial charge in [0.15, 0.2) is 0 Å². The molecule has 2 aromatic carbocycles. The van der Waals surface area contributed by atoms with Crippen LogP contribution in [0.3, 0.4) is 0 Å². The Labute approximate surface area is 113 Å². The number of nitrogen functional groups attached to an aromatic ring is 1. The van der Waals surface area contributed by atoms with Gasteiger partial charge in [0.1, 0.15) is 0 Å².